The van der Waals surface area contributed by atoms with E-state index in [4.69, 9.17) is 9.47 Å². The van der Waals surface area contributed by atoms with E-state index in [1.54, 1.807) is 23.1 Å². The number of halogens is 1. The van der Waals surface area contributed by atoms with Crippen LogP contribution in [0.5, 0.6) is 11.5 Å². The van der Waals surface area contributed by atoms with E-state index >= 15 is 0 Å². The van der Waals surface area contributed by atoms with Gasteiger partial charge in [-0.3, -0.25) is 9.59 Å². The van der Waals surface area contributed by atoms with Gasteiger partial charge < -0.3 is 14.4 Å². The summed E-state index contributed by atoms with van der Waals surface area (Å²) in [6, 6.07) is 7.88. The summed E-state index contributed by atoms with van der Waals surface area (Å²) >= 11 is 0. The van der Waals surface area contributed by atoms with Crippen LogP contribution < -0.4 is 9.47 Å². The van der Waals surface area contributed by atoms with Crippen LogP contribution in [0.2, 0.25) is 0 Å². The number of rotatable bonds is 3. The molecule has 0 radical (unpaired) electrons. The molecule has 0 atom stereocenters. The summed E-state index contributed by atoms with van der Waals surface area (Å²) in [6.45, 7) is 1.91. The highest BCUT2D eigenvalue weighted by Crippen LogP contribution is 2.32. The zero-order chi connectivity index (χ0) is 18.8. The highest BCUT2D eigenvalue weighted by Gasteiger charge is 2.29. The largest absolute Gasteiger partial charge is 0.486 e. The van der Waals surface area contributed by atoms with Gasteiger partial charge in [0, 0.05) is 42.4 Å². The molecule has 0 saturated carbocycles. The molecule has 0 unspecified atom stereocenters. The number of carbonyl (C=O) groups excluding carboxylic acids is 2. The topological polar surface area (TPSA) is 68.7 Å². The van der Waals surface area contributed by atoms with Gasteiger partial charge in [-0.05, 0) is 37.1 Å². The first-order chi connectivity index (χ1) is 13.1. The van der Waals surface area contributed by atoms with Crippen molar-refractivity contribution in [1.29, 1.82) is 0 Å². The lowest BCUT2D eigenvalue weighted by Gasteiger charge is -2.31. The first-order valence-corrected chi connectivity index (χ1v) is 8.96. The van der Waals surface area contributed by atoms with E-state index in [0.29, 0.717) is 56.2 Å². The molecule has 2 aliphatic rings. The quantitative estimate of drug-likeness (QED) is 0.614. The molecule has 1 saturated heterocycles. The van der Waals surface area contributed by atoms with E-state index in [2.05, 4.69) is 4.98 Å². The molecule has 3 heterocycles. The number of ketones is 1. The maximum absolute atomic E-state index is 13.2. The summed E-state index contributed by atoms with van der Waals surface area (Å²) < 4.78 is 24.3. The number of carbonyl (C=O) groups is 2. The van der Waals surface area contributed by atoms with Gasteiger partial charge in [-0.2, -0.15) is 4.39 Å². The van der Waals surface area contributed by atoms with E-state index in [-0.39, 0.29) is 23.2 Å². The van der Waals surface area contributed by atoms with E-state index in [1.165, 1.54) is 12.3 Å². The molecule has 140 valence electrons. The third-order valence-corrected chi connectivity index (χ3v) is 4.95. The Bertz CT molecular complexity index is 878. The Labute approximate surface area is 155 Å². The standard InChI is InChI=1S/C20H19FN2O4/c21-18-12-15(3-6-22-18)20(25)23-7-4-13(5-8-23)19(24)14-1-2-16-17(11-14)27-10-9-26-16/h1-3,6,11-13H,4-5,7-10H2. The number of amides is 1. The van der Waals surface area contributed by atoms with Gasteiger partial charge in [-0.25, -0.2) is 4.98 Å². The summed E-state index contributed by atoms with van der Waals surface area (Å²) in [5.41, 5.74) is 0.874. The third-order valence-electron chi connectivity index (χ3n) is 4.95. The lowest BCUT2D eigenvalue weighted by atomic mass is 9.88. The molecule has 4 rings (SSSR count). The number of ether oxygens (including phenoxy) is 2. The monoisotopic (exact) mass is 370 g/mol. The second-order valence-electron chi connectivity index (χ2n) is 6.66. The molecular formula is C20H19FN2O4. The van der Waals surface area contributed by atoms with Crippen LogP contribution in [-0.2, 0) is 0 Å². The normalized spacial score (nSPS) is 16.9. The van der Waals surface area contributed by atoms with E-state index in [9.17, 15) is 14.0 Å². The van der Waals surface area contributed by atoms with Gasteiger partial charge in [0.2, 0.25) is 5.95 Å². The molecule has 6 nitrogen and oxygen atoms in total. The Morgan fingerprint density at radius 2 is 1.74 bits per heavy atom. The minimum Gasteiger partial charge on any atom is -0.486 e. The van der Waals surface area contributed by atoms with Crippen molar-refractivity contribution in [3.8, 4) is 11.5 Å². The average Bonchev–Trinajstić information content (AvgIpc) is 2.72. The number of nitrogens with zero attached hydrogens (tertiary/aromatic N) is 2. The number of likely N-dealkylation sites (tertiary alicyclic amines) is 1. The smallest absolute Gasteiger partial charge is 0.254 e. The Morgan fingerprint density at radius 1 is 1.00 bits per heavy atom. The van der Waals surface area contributed by atoms with Gasteiger partial charge in [-0.1, -0.05) is 0 Å². The molecule has 0 aliphatic carbocycles. The molecule has 0 bridgehead atoms. The van der Waals surface area contributed by atoms with Crippen LogP contribution in [-0.4, -0.2) is 47.9 Å². The van der Waals surface area contributed by atoms with E-state index in [1.807, 2.05) is 0 Å². The van der Waals surface area contributed by atoms with Gasteiger partial charge in [0.1, 0.15) is 13.2 Å². The van der Waals surface area contributed by atoms with Crippen molar-refractivity contribution in [1.82, 2.24) is 9.88 Å². The van der Waals surface area contributed by atoms with Crippen molar-refractivity contribution in [2.24, 2.45) is 5.92 Å². The molecule has 1 aromatic carbocycles. The van der Waals surface area contributed by atoms with Crippen LogP contribution in [0, 0.1) is 11.9 Å². The Morgan fingerprint density at radius 3 is 2.48 bits per heavy atom. The molecule has 1 amide bonds. The Balaban J connectivity index is 1.40. The first kappa shape index (κ1) is 17.5. The number of Topliss-reactive ketones (excluding diaryl/α,β-unsaturated/α-hetero) is 1. The highest BCUT2D eigenvalue weighted by molar-refractivity contribution is 5.99. The first-order valence-electron chi connectivity index (χ1n) is 8.96. The summed E-state index contributed by atoms with van der Waals surface area (Å²) in [4.78, 5) is 30.4. The molecule has 0 spiro atoms. The van der Waals surface area contributed by atoms with E-state index in [0.717, 1.165) is 6.07 Å². The number of pyridine rings is 1. The number of benzene rings is 1. The predicted molar refractivity (Wildman–Crippen MR) is 94.6 cm³/mol. The number of piperidine rings is 1. The van der Waals surface area contributed by atoms with Crippen LogP contribution in [0.3, 0.4) is 0 Å². The average molecular weight is 370 g/mol. The fourth-order valence-corrected chi connectivity index (χ4v) is 3.50. The SMILES string of the molecule is O=C(c1ccc2c(c1)OCCO2)C1CCN(C(=O)c2ccnc(F)c2)CC1. The second-order valence-corrected chi connectivity index (χ2v) is 6.66. The number of aromatic nitrogens is 1. The highest BCUT2D eigenvalue weighted by atomic mass is 19.1. The number of hydrogen-bond donors (Lipinski definition) is 0. The molecule has 27 heavy (non-hydrogen) atoms. The lowest BCUT2D eigenvalue weighted by molar-refractivity contribution is 0.0649. The van der Waals surface area contributed by atoms with Crippen molar-refractivity contribution in [3.63, 3.8) is 0 Å². The molecule has 0 N–H and O–H groups in total. The maximum atomic E-state index is 13.2. The van der Waals surface area contributed by atoms with Crippen LogP contribution in [0.15, 0.2) is 36.5 Å². The Kier molecular flexibility index (Phi) is 4.75. The summed E-state index contributed by atoms with van der Waals surface area (Å²) in [5.74, 6) is 0.244. The Hall–Kier alpha value is -2.96. The van der Waals surface area contributed by atoms with Crippen molar-refractivity contribution in [3.05, 3.63) is 53.6 Å². The van der Waals surface area contributed by atoms with Gasteiger partial charge in [0.15, 0.2) is 17.3 Å². The zero-order valence-electron chi connectivity index (χ0n) is 14.7. The zero-order valence-corrected chi connectivity index (χ0v) is 14.7. The predicted octanol–water partition coefficient (Wildman–Crippen LogP) is 2.73. The van der Waals surface area contributed by atoms with Crippen molar-refractivity contribution in [2.45, 2.75) is 12.8 Å². The molecule has 1 aromatic heterocycles. The van der Waals surface area contributed by atoms with Crippen molar-refractivity contribution in [2.75, 3.05) is 26.3 Å². The fourth-order valence-electron chi connectivity index (χ4n) is 3.50. The minimum absolute atomic E-state index is 0.0500. The van der Waals surface area contributed by atoms with E-state index < -0.39 is 5.95 Å². The lowest BCUT2D eigenvalue weighted by Crippen LogP contribution is -2.40. The van der Waals surface area contributed by atoms with Crippen LogP contribution in [0.25, 0.3) is 0 Å². The van der Waals surface area contributed by atoms with Crippen LogP contribution in [0.1, 0.15) is 33.6 Å². The minimum atomic E-state index is -0.676. The van der Waals surface area contributed by atoms with Crippen molar-refractivity contribution >= 4 is 11.7 Å². The molecule has 1 fully saturated rings. The third kappa shape index (κ3) is 3.63. The molecular weight excluding hydrogens is 351 g/mol. The number of hydrogen-bond acceptors (Lipinski definition) is 5. The van der Waals surface area contributed by atoms with Gasteiger partial charge in [0.05, 0.1) is 0 Å². The summed E-state index contributed by atoms with van der Waals surface area (Å²) in [5, 5.41) is 0. The van der Waals surface area contributed by atoms with Crippen LogP contribution in [0.4, 0.5) is 4.39 Å². The summed E-state index contributed by atoms with van der Waals surface area (Å²) in [6.07, 6.45) is 2.43. The van der Waals surface area contributed by atoms with Gasteiger partial charge >= 0.3 is 0 Å². The summed E-state index contributed by atoms with van der Waals surface area (Å²) in [7, 11) is 0. The molecule has 7 heteroatoms. The second kappa shape index (κ2) is 7.34. The number of fused-ring (bicyclic) bond motifs is 1. The molecule has 2 aromatic rings. The van der Waals surface area contributed by atoms with Crippen molar-refractivity contribution < 1.29 is 23.5 Å². The molecule has 2 aliphatic heterocycles. The van der Waals surface area contributed by atoms with Crippen LogP contribution >= 0.6 is 0 Å². The van der Waals surface area contributed by atoms with Gasteiger partial charge in [0.25, 0.3) is 5.91 Å². The van der Waals surface area contributed by atoms with Gasteiger partial charge in [-0.15, -0.1) is 0 Å². The maximum Gasteiger partial charge on any atom is 0.254 e. The fraction of sp³-hybridized carbons (Fsp3) is 0.350.